The number of benzene rings is 2. The zero-order valence-electron chi connectivity index (χ0n) is 14.9. The van der Waals surface area contributed by atoms with Crippen LogP contribution in [0.2, 0.25) is 0 Å². The van der Waals surface area contributed by atoms with Gasteiger partial charge in [-0.2, -0.15) is 0 Å². The first-order valence-corrected chi connectivity index (χ1v) is 8.61. The van der Waals surface area contributed by atoms with Crippen molar-refractivity contribution in [3.63, 3.8) is 0 Å². The maximum Gasteiger partial charge on any atom is 0.260 e. The summed E-state index contributed by atoms with van der Waals surface area (Å²) < 4.78 is 5.56. The number of hydrogen-bond donors (Lipinski definition) is 0. The largest absolute Gasteiger partial charge is 0.484 e. The van der Waals surface area contributed by atoms with E-state index in [1.165, 1.54) is 11.4 Å². The van der Waals surface area contributed by atoms with Crippen LogP contribution in [0, 0.1) is 0 Å². The molecule has 1 saturated heterocycles. The van der Waals surface area contributed by atoms with Crippen LogP contribution in [0.15, 0.2) is 54.6 Å². The molecule has 5 heteroatoms. The first-order chi connectivity index (χ1) is 12.1. The molecule has 0 aliphatic carbocycles. The molecule has 2 aromatic carbocycles. The van der Waals surface area contributed by atoms with Crippen LogP contribution >= 0.6 is 0 Å². The molecule has 1 heterocycles. The van der Waals surface area contributed by atoms with Crippen LogP contribution in [0.5, 0.6) is 5.75 Å². The third-order valence-corrected chi connectivity index (χ3v) is 4.47. The standard InChI is InChI=1S/C20H25N3O2/c1-21(2)17-8-10-18(11-9-17)22-12-14-23(15-13-22)20(24)16-25-19-6-4-3-5-7-19/h3-11H,12-16H2,1-2H3. The second-order valence-corrected chi connectivity index (χ2v) is 6.38. The van der Waals surface area contributed by atoms with E-state index in [0.29, 0.717) is 0 Å². The van der Waals surface area contributed by atoms with E-state index in [1.54, 1.807) is 0 Å². The number of rotatable bonds is 5. The number of carbonyl (C=O) groups excluding carboxylic acids is 1. The number of hydrogen-bond acceptors (Lipinski definition) is 4. The summed E-state index contributed by atoms with van der Waals surface area (Å²) in [5, 5.41) is 0. The molecule has 5 nitrogen and oxygen atoms in total. The topological polar surface area (TPSA) is 36.0 Å². The summed E-state index contributed by atoms with van der Waals surface area (Å²) in [4.78, 5) is 18.6. The first kappa shape index (κ1) is 17.1. The summed E-state index contributed by atoms with van der Waals surface area (Å²) in [6.45, 7) is 3.25. The van der Waals surface area contributed by atoms with Gasteiger partial charge in [0.1, 0.15) is 5.75 Å². The van der Waals surface area contributed by atoms with Crippen molar-refractivity contribution in [1.82, 2.24) is 4.90 Å². The van der Waals surface area contributed by atoms with Crippen LogP contribution < -0.4 is 14.5 Å². The Bertz CT molecular complexity index is 678. The van der Waals surface area contributed by atoms with Crippen LogP contribution in [-0.2, 0) is 4.79 Å². The van der Waals surface area contributed by atoms with E-state index in [-0.39, 0.29) is 12.5 Å². The highest BCUT2D eigenvalue weighted by molar-refractivity contribution is 5.78. The molecule has 1 aliphatic heterocycles. The summed E-state index contributed by atoms with van der Waals surface area (Å²) in [7, 11) is 4.08. The van der Waals surface area contributed by atoms with E-state index in [0.717, 1.165) is 31.9 Å². The van der Waals surface area contributed by atoms with Crippen LogP contribution in [0.1, 0.15) is 0 Å². The quantitative estimate of drug-likeness (QED) is 0.838. The molecule has 0 spiro atoms. The number of carbonyl (C=O) groups is 1. The Morgan fingerprint density at radius 3 is 2.20 bits per heavy atom. The van der Waals surface area contributed by atoms with Crippen LogP contribution in [-0.4, -0.2) is 57.7 Å². The fraction of sp³-hybridized carbons (Fsp3) is 0.350. The minimum absolute atomic E-state index is 0.0476. The van der Waals surface area contributed by atoms with E-state index in [2.05, 4.69) is 34.1 Å². The fourth-order valence-electron chi connectivity index (χ4n) is 2.93. The Kier molecular flexibility index (Phi) is 5.43. The predicted molar refractivity (Wildman–Crippen MR) is 101 cm³/mol. The maximum atomic E-state index is 12.3. The van der Waals surface area contributed by atoms with Crippen molar-refractivity contribution in [1.29, 1.82) is 0 Å². The van der Waals surface area contributed by atoms with Crippen molar-refractivity contribution in [3.8, 4) is 5.75 Å². The minimum Gasteiger partial charge on any atom is -0.484 e. The van der Waals surface area contributed by atoms with Gasteiger partial charge in [-0.05, 0) is 36.4 Å². The lowest BCUT2D eigenvalue weighted by molar-refractivity contribution is -0.133. The summed E-state index contributed by atoms with van der Waals surface area (Å²) >= 11 is 0. The number of para-hydroxylation sites is 1. The predicted octanol–water partition coefficient (Wildman–Crippen LogP) is 2.48. The maximum absolute atomic E-state index is 12.3. The van der Waals surface area contributed by atoms with Crippen molar-refractivity contribution in [2.75, 3.05) is 56.7 Å². The van der Waals surface area contributed by atoms with Gasteiger partial charge in [-0.15, -0.1) is 0 Å². The van der Waals surface area contributed by atoms with Gasteiger partial charge in [-0.3, -0.25) is 4.79 Å². The molecule has 0 N–H and O–H groups in total. The van der Waals surface area contributed by atoms with Crippen molar-refractivity contribution in [3.05, 3.63) is 54.6 Å². The molecule has 0 aromatic heterocycles. The molecular weight excluding hydrogens is 314 g/mol. The van der Waals surface area contributed by atoms with Gasteiger partial charge >= 0.3 is 0 Å². The Labute approximate surface area is 149 Å². The van der Waals surface area contributed by atoms with Crippen LogP contribution in [0.4, 0.5) is 11.4 Å². The van der Waals surface area contributed by atoms with Crippen molar-refractivity contribution in [2.45, 2.75) is 0 Å². The van der Waals surface area contributed by atoms with E-state index in [9.17, 15) is 4.79 Å². The summed E-state index contributed by atoms with van der Waals surface area (Å²) in [6, 6.07) is 18.0. The summed E-state index contributed by atoms with van der Waals surface area (Å²) in [5.41, 5.74) is 2.40. The number of anilines is 2. The molecule has 1 aliphatic rings. The second kappa shape index (κ2) is 7.92. The third kappa shape index (κ3) is 4.44. The van der Waals surface area contributed by atoms with Gasteiger partial charge in [-0.25, -0.2) is 0 Å². The molecular formula is C20H25N3O2. The SMILES string of the molecule is CN(C)c1ccc(N2CCN(C(=O)COc3ccccc3)CC2)cc1. The average Bonchev–Trinajstić information content (AvgIpc) is 2.67. The molecule has 2 aromatic rings. The molecule has 25 heavy (non-hydrogen) atoms. The van der Waals surface area contributed by atoms with Gasteiger partial charge in [0.2, 0.25) is 0 Å². The Morgan fingerprint density at radius 2 is 1.60 bits per heavy atom. The summed E-state index contributed by atoms with van der Waals surface area (Å²) in [5.74, 6) is 0.780. The van der Waals surface area contributed by atoms with E-state index < -0.39 is 0 Å². The highest BCUT2D eigenvalue weighted by atomic mass is 16.5. The lowest BCUT2D eigenvalue weighted by Crippen LogP contribution is -2.50. The zero-order chi connectivity index (χ0) is 17.6. The Morgan fingerprint density at radius 1 is 0.960 bits per heavy atom. The fourth-order valence-corrected chi connectivity index (χ4v) is 2.93. The highest BCUT2D eigenvalue weighted by Gasteiger charge is 2.21. The lowest BCUT2D eigenvalue weighted by atomic mass is 10.2. The molecule has 0 bridgehead atoms. The van der Waals surface area contributed by atoms with Gasteiger partial charge < -0.3 is 19.4 Å². The van der Waals surface area contributed by atoms with E-state index in [4.69, 9.17) is 4.74 Å². The van der Waals surface area contributed by atoms with Gasteiger partial charge in [0.25, 0.3) is 5.91 Å². The number of piperazine rings is 1. The van der Waals surface area contributed by atoms with Crippen molar-refractivity contribution < 1.29 is 9.53 Å². The molecule has 132 valence electrons. The van der Waals surface area contributed by atoms with E-state index >= 15 is 0 Å². The Hall–Kier alpha value is -2.69. The summed E-state index contributed by atoms with van der Waals surface area (Å²) in [6.07, 6.45) is 0. The molecule has 3 rings (SSSR count). The number of amides is 1. The highest BCUT2D eigenvalue weighted by Crippen LogP contribution is 2.20. The number of ether oxygens (including phenoxy) is 1. The van der Waals surface area contributed by atoms with Gasteiger partial charge in [-0.1, -0.05) is 18.2 Å². The molecule has 0 unspecified atom stereocenters. The second-order valence-electron chi connectivity index (χ2n) is 6.38. The lowest BCUT2D eigenvalue weighted by Gasteiger charge is -2.36. The zero-order valence-corrected chi connectivity index (χ0v) is 14.9. The van der Waals surface area contributed by atoms with Crippen LogP contribution in [0.3, 0.4) is 0 Å². The first-order valence-electron chi connectivity index (χ1n) is 8.61. The molecule has 0 atom stereocenters. The van der Waals surface area contributed by atoms with E-state index in [1.807, 2.05) is 49.3 Å². The monoisotopic (exact) mass is 339 g/mol. The smallest absolute Gasteiger partial charge is 0.260 e. The van der Waals surface area contributed by atoms with Gasteiger partial charge in [0, 0.05) is 51.6 Å². The molecule has 0 radical (unpaired) electrons. The third-order valence-electron chi connectivity index (χ3n) is 4.47. The van der Waals surface area contributed by atoms with Crippen molar-refractivity contribution >= 4 is 17.3 Å². The Balaban J connectivity index is 1.48. The normalized spacial score (nSPS) is 14.3. The minimum atomic E-state index is 0.0476. The van der Waals surface area contributed by atoms with Crippen molar-refractivity contribution in [2.24, 2.45) is 0 Å². The number of nitrogens with zero attached hydrogens (tertiary/aromatic N) is 3. The van der Waals surface area contributed by atoms with Gasteiger partial charge in [0.15, 0.2) is 6.61 Å². The average molecular weight is 339 g/mol. The molecule has 1 fully saturated rings. The molecule has 1 amide bonds. The van der Waals surface area contributed by atoms with Crippen LogP contribution in [0.25, 0.3) is 0 Å². The molecule has 0 saturated carbocycles. The van der Waals surface area contributed by atoms with Gasteiger partial charge in [0.05, 0.1) is 0 Å².